The number of rotatable bonds is 8. The van der Waals surface area contributed by atoms with Crippen LogP contribution >= 0.6 is 11.3 Å². The SMILES string of the molecule is CCCCC(=O)Nc1sc(C(=O)OCC)c(C)c1C(=O)OCC. The van der Waals surface area contributed by atoms with E-state index in [9.17, 15) is 14.4 Å². The highest BCUT2D eigenvalue weighted by molar-refractivity contribution is 7.18. The number of thiophene rings is 1. The van der Waals surface area contributed by atoms with Crippen LogP contribution in [-0.4, -0.2) is 31.1 Å². The summed E-state index contributed by atoms with van der Waals surface area (Å²) < 4.78 is 10.0. The number of hydrogen-bond donors (Lipinski definition) is 1. The van der Waals surface area contributed by atoms with Crippen molar-refractivity contribution in [2.24, 2.45) is 0 Å². The van der Waals surface area contributed by atoms with E-state index in [-0.39, 0.29) is 24.7 Å². The molecule has 0 aliphatic rings. The minimum Gasteiger partial charge on any atom is -0.462 e. The molecule has 0 saturated carbocycles. The molecule has 1 N–H and O–H groups in total. The highest BCUT2D eigenvalue weighted by Crippen LogP contribution is 2.34. The lowest BCUT2D eigenvalue weighted by Gasteiger charge is -2.06. The van der Waals surface area contributed by atoms with Gasteiger partial charge in [0.25, 0.3) is 0 Å². The van der Waals surface area contributed by atoms with Gasteiger partial charge in [0, 0.05) is 6.42 Å². The third-order valence-corrected chi connectivity index (χ3v) is 4.28. The summed E-state index contributed by atoms with van der Waals surface area (Å²) in [6, 6.07) is 0. The quantitative estimate of drug-likeness (QED) is 0.731. The van der Waals surface area contributed by atoms with E-state index in [2.05, 4.69) is 5.32 Å². The molecule has 1 rings (SSSR count). The van der Waals surface area contributed by atoms with Crippen LogP contribution in [0.3, 0.4) is 0 Å². The van der Waals surface area contributed by atoms with Crippen LogP contribution in [-0.2, 0) is 14.3 Å². The lowest BCUT2D eigenvalue weighted by Crippen LogP contribution is -2.14. The Kier molecular flexibility index (Phi) is 7.74. The minimum atomic E-state index is -0.553. The lowest BCUT2D eigenvalue weighted by atomic mass is 10.1. The van der Waals surface area contributed by atoms with Crippen LogP contribution in [0.25, 0.3) is 0 Å². The number of carbonyl (C=O) groups excluding carboxylic acids is 3. The van der Waals surface area contributed by atoms with Crippen molar-refractivity contribution in [1.82, 2.24) is 0 Å². The van der Waals surface area contributed by atoms with Gasteiger partial charge in [-0.1, -0.05) is 13.3 Å². The molecule has 1 amide bonds. The molecule has 6 nitrogen and oxygen atoms in total. The van der Waals surface area contributed by atoms with Gasteiger partial charge in [-0.3, -0.25) is 4.79 Å². The van der Waals surface area contributed by atoms with Crippen LogP contribution in [0.2, 0.25) is 0 Å². The molecule has 1 aromatic rings. The molecule has 0 atom stereocenters. The van der Waals surface area contributed by atoms with Crippen molar-refractivity contribution < 1.29 is 23.9 Å². The second-order valence-electron chi connectivity index (χ2n) is 4.85. The van der Waals surface area contributed by atoms with Crippen molar-refractivity contribution in [1.29, 1.82) is 0 Å². The summed E-state index contributed by atoms with van der Waals surface area (Å²) in [5.74, 6) is -1.24. The second-order valence-corrected chi connectivity index (χ2v) is 5.87. The zero-order valence-electron chi connectivity index (χ0n) is 14.0. The van der Waals surface area contributed by atoms with Gasteiger partial charge >= 0.3 is 11.9 Å². The van der Waals surface area contributed by atoms with E-state index in [1.807, 2.05) is 6.92 Å². The first-order valence-corrected chi connectivity index (χ1v) is 8.55. The third-order valence-electron chi connectivity index (χ3n) is 3.10. The summed E-state index contributed by atoms with van der Waals surface area (Å²) >= 11 is 1.04. The third kappa shape index (κ3) is 5.06. The van der Waals surface area contributed by atoms with E-state index in [4.69, 9.17) is 9.47 Å². The minimum absolute atomic E-state index is 0.186. The van der Waals surface area contributed by atoms with Gasteiger partial charge in [-0.25, -0.2) is 9.59 Å². The van der Waals surface area contributed by atoms with E-state index in [1.54, 1.807) is 20.8 Å². The Morgan fingerprint density at radius 1 is 1.04 bits per heavy atom. The Labute approximate surface area is 140 Å². The Hall–Kier alpha value is -1.89. The van der Waals surface area contributed by atoms with Gasteiger partial charge in [-0.05, 0) is 32.8 Å². The molecule has 0 aliphatic carbocycles. The van der Waals surface area contributed by atoms with Gasteiger partial charge in [0.2, 0.25) is 5.91 Å². The summed E-state index contributed by atoms with van der Waals surface area (Å²) in [6.45, 7) is 7.50. The molecule has 128 valence electrons. The Morgan fingerprint density at radius 2 is 1.65 bits per heavy atom. The van der Waals surface area contributed by atoms with E-state index < -0.39 is 11.9 Å². The van der Waals surface area contributed by atoms with Gasteiger partial charge in [-0.2, -0.15) is 0 Å². The standard InChI is InChI=1S/C16H23NO5S/c1-5-8-9-11(18)17-14-12(15(19)21-6-2)10(4)13(23-14)16(20)22-7-3/h5-9H2,1-4H3,(H,17,18). The maximum Gasteiger partial charge on any atom is 0.348 e. The molecule has 7 heteroatoms. The van der Waals surface area contributed by atoms with Crippen LogP contribution in [0.5, 0.6) is 0 Å². The van der Waals surface area contributed by atoms with Crippen molar-refractivity contribution in [3.8, 4) is 0 Å². The number of amides is 1. The predicted octanol–water partition coefficient (Wildman–Crippen LogP) is 3.54. The fraction of sp³-hybridized carbons (Fsp3) is 0.562. The number of esters is 2. The average Bonchev–Trinajstić information content (AvgIpc) is 2.82. The fourth-order valence-corrected chi connectivity index (χ4v) is 3.07. The van der Waals surface area contributed by atoms with Gasteiger partial charge in [0.05, 0.1) is 18.8 Å². The van der Waals surface area contributed by atoms with Crippen LogP contribution < -0.4 is 5.32 Å². The van der Waals surface area contributed by atoms with Crippen molar-refractivity contribution >= 4 is 34.2 Å². The average molecular weight is 341 g/mol. The smallest absolute Gasteiger partial charge is 0.348 e. The van der Waals surface area contributed by atoms with Crippen LogP contribution in [0.1, 0.15) is 65.6 Å². The first kappa shape index (κ1) is 19.2. The molecule has 0 bridgehead atoms. The molecule has 0 aromatic carbocycles. The molecule has 0 saturated heterocycles. The van der Waals surface area contributed by atoms with Crippen LogP contribution in [0.15, 0.2) is 0 Å². The summed E-state index contributed by atoms with van der Waals surface area (Å²) in [4.78, 5) is 36.4. The monoisotopic (exact) mass is 341 g/mol. The molecule has 1 aromatic heterocycles. The second kappa shape index (κ2) is 9.29. The maximum absolute atomic E-state index is 12.2. The molecular weight excluding hydrogens is 318 g/mol. The Balaban J connectivity index is 3.14. The predicted molar refractivity (Wildman–Crippen MR) is 89.1 cm³/mol. The molecule has 1 heterocycles. The van der Waals surface area contributed by atoms with E-state index in [0.717, 1.165) is 24.2 Å². The number of hydrogen-bond acceptors (Lipinski definition) is 6. The van der Waals surface area contributed by atoms with Crippen molar-refractivity contribution in [2.45, 2.75) is 47.0 Å². The number of carbonyl (C=O) groups is 3. The highest BCUT2D eigenvalue weighted by Gasteiger charge is 2.27. The number of unbranched alkanes of at least 4 members (excludes halogenated alkanes) is 1. The number of ether oxygens (including phenoxy) is 2. The van der Waals surface area contributed by atoms with Crippen molar-refractivity contribution in [3.63, 3.8) is 0 Å². The van der Waals surface area contributed by atoms with E-state index in [1.165, 1.54) is 0 Å². The molecule has 0 spiro atoms. The summed E-state index contributed by atoms with van der Waals surface area (Å²) in [5, 5.41) is 3.05. The number of anilines is 1. The summed E-state index contributed by atoms with van der Waals surface area (Å²) in [5.41, 5.74) is 0.697. The lowest BCUT2D eigenvalue weighted by molar-refractivity contribution is -0.116. The first-order chi connectivity index (χ1) is 11.0. The Morgan fingerprint density at radius 3 is 2.22 bits per heavy atom. The van der Waals surface area contributed by atoms with Gasteiger partial charge < -0.3 is 14.8 Å². The molecular formula is C16H23NO5S. The van der Waals surface area contributed by atoms with Gasteiger partial charge in [-0.15, -0.1) is 11.3 Å². The van der Waals surface area contributed by atoms with Crippen molar-refractivity contribution in [3.05, 3.63) is 16.0 Å². The zero-order valence-corrected chi connectivity index (χ0v) is 14.8. The highest BCUT2D eigenvalue weighted by atomic mass is 32.1. The topological polar surface area (TPSA) is 81.7 Å². The zero-order chi connectivity index (χ0) is 17.4. The summed E-state index contributed by atoms with van der Waals surface area (Å²) in [6.07, 6.45) is 2.02. The van der Waals surface area contributed by atoms with Crippen LogP contribution in [0.4, 0.5) is 5.00 Å². The summed E-state index contributed by atoms with van der Waals surface area (Å²) in [7, 11) is 0. The van der Waals surface area contributed by atoms with Crippen molar-refractivity contribution in [2.75, 3.05) is 18.5 Å². The fourth-order valence-electron chi connectivity index (χ4n) is 1.97. The molecule has 0 aliphatic heterocycles. The van der Waals surface area contributed by atoms with E-state index in [0.29, 0.717) is 21.9 Å². The first-order valence-electron chi connectivity index (χ1n) is 7.73. The van der Waals surface area contributed by atoms with Crippen LogP contribution in [0, 0.1) is 6.92 Å². The normalized spacial score (nSPS) is 10.3. The van der Waals surface area contributed by atoms with Gasteiger partial charge in [0.1, 0.15) is 9.88 Å². The molecule has 23 heavy (non-hydrogen) atoms. The van der Waals surface area contributed by atoms with E-state index >= 15 is 0 Å². The largest absolute Gasteiger partial charge is 0.462 e. The van der Waals surface area contributed by atoms with Gasteiger partial charge in [0.15, 0.2) is 0 Å². The number of nitrogens with one attached hydrogen (secondary N) is 1. The molecule has 0 radical (unpaired) electrons. The Bertz CT molecular complexity index is 579. The molecule has 0 unspecified atom stereocenters. The molecule has 0 fully saturated rings. The maximum atomic E-state index is 12.2.